The molecule has 5 nitrogen and oxygen atoms in total. The van der Waals surface area contributed by atoms with Gasteiger partial charge in [-0.25, -0.2) is 4.98 Å². The summed E-state index contributed by atoms with van der Waals surface area (Å²) in [6.45, 7) is 4.41. The molecule has 0 atom stereocenters. The normalized spacial score (nSPS) is 9.73. The fourth-order valence-corrected chi connectivity index (χ4v) is 1.77. The number of pyridine rings is 1. The maximum Gasteiger partial charge on any atom is 0.227 e. The Morgan fingerprint density at radius 1 is 1.23 bits per heavy atom. The van der Waals surface area contributed by atoms with E-state index in [4.69, 9.17) is 10.5 Å². The lowest BCUT2D eigenvalue weighted by Crippen LogP contribution is -2.15. The second kappa shape index (κ2) is 8.24. The molecule has 1 aromatic carbocycles. The number of carbonyl (C=O) groups excluding carboxylic acids is 1. The third-order valence-electron chi connectivity index (χ3n) is 3.15. The van der Waals surface area contributed by atoms with Gasteiger partial charge in [0.15, 0.2) is 0 Å². The van der Waals surface area contributed by atoms with Gasteiger partial charge < -0.3 is 15.8 Å². The van der Waals surface area contributed by atoms with E-state index >= 15 is 0 Å². The van der Waals surface area contributed by atoms with Crippen molar-refractivity contribution in [1.29, 1.82) is 0 Å². The molecule has 2 aromatic rings. The molecule has 0 aliphatic heterocycles. The molecule has 1 heterocycles. The van der Waals surface area contributed by atoms with E-state index in [1.807, 2.05) is 32.0 Å². The van der Waals surface area contributed by atoms with Crippen LogP contribution in [0.5, 0.6) is 5.75 Å². The van der Waals surface area contributed by atoms with Crippen molar-refractivity contribution in [3.05, 3.63) is 47.7 Å². The Hall–Kier alpha value is -2.27. The van der Waals surface area contributed by atoms with Crippen molar-refractivity contribution in [2.75, 3.05) is 17.7 Å². The van der Waals surface area contributed by atoms with Crippen LogP contribution < -0.4 is 15.8 Å². The van der Waals surface area contributed by atoms with Gasteiger partial charge >= 0.3 is 0 Å². The molecule has 1 aromatic heterocycles. The van der Waals surface area contributed by atoms with Gasteiger partial charge in [-0.2, -0.15) is 0 Å². The van der Waals surface area contributed by atoms with Crippen molar-refractivity contribution in [1.82, 2.24) is 4.98 Å². The SMILES string of the molecule is Cc1ccc(OCCC(=O)Nc2ccc(N)nc2)cc1C.Cl. The zero-order chi connectivity index (χ0) is 15.2. The van der Waals surface area contributed by atoms with Gasteiger partial charge in [-0.1, -0.05) is 6.07 Å². The second-order valence-electron chi connectivity index (χ2n) is 4.86. The number of carbonyl (C=O) groups is 1. The third kappa shape index (κ3) is 5.26. The van der Waals surface area contributed by atoms with Gasteiger partial charge in [-0.3, -0.25) is 4.79 Å². The van der Waals surface area contributed by atoms with Crippen LogP contribution in [0, 0.1) is 13.8 Å². The Kier molecular flexibility index (Phi) is 6.66. The van der Waals surface area contributed by atoms with Crippen LogP contribution in [0.15, 0.2) is 36.5 Å². The van der Waals surface area contributed by atoms with Gasteiger partial charge in [-0.15, -0.1) is 12.4 Å². The number of halogens is 1. The van der Waals surface area contributed by atoms with Crippen LogP contribution >= 0.6 is 12.4 Å². The first kappa shape index (κ1) is 17.8. The molecule has 0 radical (unpaired) electrons. The van der Waals surface area contributed by atoms with Crippen LogP contribution in [-0.2, 0) is 4.79 Å². The Balaban J connectivity index is 0.00000242. The molecule has 0 unspecified atom stereocenters. The minimum absolute atomic E-state index is 0. The number of rotatable bonds is 5. The van der Waals surface area contributed by atoms with Crippen molar-refractivity contribution >= 4 is 29.8 Å². The molecule has 118 valence electrons. The molecule has 0 aliphatic carbocycles. The second-order valence-corrected chi connectivity index (χ2v) is 4.86. The van der Waals surface area contributed by atoms with Gasteiger partial charge in [0, 0.05) is 0 Å². The van der Waals surface area contributed by atoms with Crippen molar-refractivity contribution < 1.29 is 9.53 Å². The third-order valence-corrected chi connectivity index (χ3v) is 3.15. The highest BCUT2D eigenvalue weighted by Crippen LogP contribution is 2.16. The number of amides is 1. The van der Waals surface area contributed by atoms with Crippen molar-refractivity contribution in [3.8, 4) is 5.75 Å². The van der Waals surface area contributed by atoms with E-state index < -0.39 is 0 Å². The van der Waals surface area contributed by atoms with Gasteiger partial charge in [0.1, 0.15) is 11.6 Å². The summed E-state index contributed by atoms with van der Waals surface area (Å²) in [4.78, 5) is 15.7. The zero-order valence-corrected chi connectivity index (χ0v) is 13.4. The molecule has 0 aliphatic rings. The fraction of sp³-hybridized carbons (Fsp3) is 0.250. The summed E-state index contributed by atoms with van der Waals surface area (Å²) in [6, 6.07) is 9.23. The number of anilines is 2. The molecule has 0 saturated heterocycles. The number of nitrogens with one attached hydrogen (secondary N) is 1. The summed E-state index contributed by atoms with van der Waals surface area (Å²) in [5, 5.41) is 2.74. The fourth-order valence-electron chi connectivity index (χ4n) is 1.77. The Morgan fingerprint density at radius 3 is 2.64 bits per heavy atom. The molecule has 0 fully saturated rings. The van der Waals surface area contributed by atoms with Crippen LogP contribution in [0.2, 0.25) is 0 Å². The minimum atomic E-state index is -0.120. The van der Waals surface area contributed by atoms with E-state index in [1.165, 1.54) is 17.3 Å². The number of benzene rings is 1. The largest absolute Gasteiger partial charge is 0.493 e. The summed E-state index contributed by atoms with van der Waals surface area (Å²) in [6.07, 6.45) is 1.80. The molecule has 0 spiro atoms. The van der Waals surface area contributed by atoms with Gasteiger partial charge in [-0.05, 0) is 49.2 Å². The van der Waals surface area contributed by atoms with Crippen molar-refractivity contribution in [3.63, 3.8) is 0 Å². The number of hydrogen-bond donors (Lipinski definition) is 2. The highest BCUT2D eigenvalue weighted by Gasteiger charge is 2.04. The minimum Gasteiger partial charge on any atom is -0.493 e. The Labute approximate surface area is 136 Å². The van der Waals surface area contributed by atoms with Gasteiger partial charge in [0.05, 0.1) is 24.9 Å². The molecule has 6 heteroatoms. The first-order valence-electron chi connectivity index (χ1n) is 6.76. The molecule has 3 N–H and O–H groups in total. The molecule has 0 bridgehead atoms. The van der Waals surface area contributed by atoms with Crippen LogP contribution in [0.1, 0.15) is 17.5 Å². The molecular formula is C16H20ClN3O2. The van der Waals surface area contributed by atoms with Crippen LogP contribution in [0.3, 0.4) is 0 Å². The smallest absolute Gasteiger partial charge is 0.227 e. The average molecular weight is 322 g/mol. The van der Waals surface area contributed by atoms with Crippen LogP contribution in [0.4, 0.5) is 11.5 Å². The van der Waals surface area contributed by atoms with Crippen molar-refractivity contribution in [2.24, 2.45) is 0 Å². The number of nitrogens with zero attached hydrogens (tertiary/aromatic N) is 1. The number of nitrogen functional groups attached to an aromatic ring is 1. The van der Waals surface area contributed by atoms with E-state index in [-0.39, 0.29) is 24.7 Å². The molecule has 22 heavy (non-hydrogen) atoms. The first-order valence-corrected chi connectivity index (χ1v) is 6.76. The van der Waals surface area contributed by atoms with E-state index in [2.05, 4.69) is 10.3 Å². The summed E-state index contributed by atoms with van der Waals surface area (Å²) >= 11 is 0. The Bertz CT molecular complexity index is 630. The van der Waals surface area contributed by atoms with Crippen LogP contribution in [-0.4, -0.2) is 17.5 Å². The molecular weight excluding hydrogens is 302 g/mol. The van der Waals surface area contributed by atoms with E-state index in [0.717, 1.165) is 5.75 Å². The molecule has 1 amide bonds. The zero-order valence-electron chi connectivity index (χ0n) is 12.6. The van der Waals surface area contributed by atoms with Gasteiger partial charge in [0.25, 0.3) is 0 Å². The predicted molar refractivity (Wildman–Crippen MR) is 90.6 cm³/mol. The van der Waals surface area contributed by atoms with Gasteiger partial charge in [0.2, 0.25) is 5.91 Å². The highest BCUT2D eigenvalue weighted by molar-refractivity contribution is 5.90. The standard InChI is InChI=1S/C16H19N3O2.ClH/c1-11-3-5-14(9-12(11)2)21-8-7-16(20)19-13-4-6-15(17)18-10-13;/h3-6,9-10H,7-8H2,1-2H3,(H2,17,18)(H,19,20);1H. The van der Waals surface area contributed by atoms with Crippen molar-refractivity contribution in [2.45, 2.75) is 20.3 Å². The maximum atomic E-state index is 11.8. The summed E-state index contributed by atoms with van der Waals surface area (Å²) in [5.41, 5.74) is 8.50. The lowest BCUT2D eigenvalue weighted by Gasteiger charge is -2.09. The Morgan fingerprint density at radius 2 is 2.00 bits per heavy atom. The monoisotopic (exact) mass is 321 g/mol. The maximum absolute atomic E-state index is 11.8. The lowest BCUT2D eigenvalue weighted by atomic mass is 10.1. The number of hydrogen-bond acceptors (Lipinski definition) is 4. The number of aromatic nitrogens is 1. The summed E-state index contributed by atoms with van der Waals surface area (Å²) in [5.74, 6) is 1.08. The summed E-state index contributed by atoms with van der Waals surface area (Å²) in [7, 11) is 0. The molecule has 0 saturated carbocycles. The van der Waals surface area contributed by atoms with Crippen LogP contribution in [0.25, 0.3) is 0 Å². The quantitative estimate of drug-likeness (QED) is 0.887. The number of ether oxygens (including phenoxy) is 1. The topological polar surface area (TPSA) is 77.2 Å². The molecule has 2 rings (SSSR count). The predicted octanol–water partition coefficient (Wildman–Crippen LogP) is 3.11. The number of nitrogens with two attached hydrogens (primary N) is 1. The van der Waals surface area contributed by atoms with E-state index in [1.54, 1.807) is 12.1 Å². The van der Waals surface area contributed by atoms with E-state index in [0.29, 0.717) is 18.1 Å². The first-order chi connectivity index (χ1) is 10.0. The highest BCUT2D eigenvalue weighted by atomic mass is 35.5. The number of aryl methyl sites for hydroxylation is 2. The summed E-state index contributed by atoms with van der Waals surface area (Å²) < 4.78 is 5.57. The lowest BCUT2D eigenvalue weighted by molar-refractivity contribution is -0.116. The van der Waals surface area contributed by atoms with E-state index in [9.17, 15) is 4.79 Å². The average Bonchev–Trinajstić information content (AvgIpc) is 2.45.